The van der Waals surface area contributed by atoms with E-state index in [1.165, 1.54) is 0 Å². The fourth-order valence-electron chi connectivity index (χ4n) is 5.08. The van der Waals surface area contributed by atoms with Crippen LogP contribution in [0.3, 0.4) is 0 Å². The average Bonchev–Trinajstić information content (AvgIpc) is 3.02. The van der Waals surface area contributed by atoms with Crippen LogP contribution in [-0.4, -0.2) is 58.7 Å². The van der Waals surface area contributed by atoms with Crippen molar-refractivity contribution in [2.24, 2.45) is 5.92 Å². The Labute approximate surface area is 172 Å². The minimum absolute atomic E-state index is 0.0607. The maximum absolute atomic E-state index is 13.0. The summed E-state index contributed by atoms with van der Waals surface area (Å²) in [4.78, 5) is 41.6. The number of piperidine rings is 1. The number of carbonyl (C=O) groups excluding carboxylic acids is 3. The summed E-state index contributed by atoms with van der Waals surface area (Å²) in [5.74, 6) is 0.699. The molecule has 0 saturated carbocycles. The SMILES string of the molecule is Cc1cc(C)c2c(c1)OC1(CCN(C(=O)C3CC(=O)N(C(C)C)C3)CC1)CC2=O. The average molecular weight is 399 g/mol. The molecule has 0 bridgehead atoms. The van der Waals surface area contributed by atoms with Crippen molar-refractivity contribution in [1.82, 2.24) is 9.80 Å². The van der Waals surface area contributed by atoms with Crippen LogP contribution in [0.1, 0.15) is 61.0 Å². The van der Waals surface area contributed by atoms with Gasteiger partial charge in [0.2, 0.25) is 11.8 Å². The number of Topliss-reactive ketones (excluding diaryl/α,β-unsaturated/α-hetero) is 1. The van der Waals surface area contributed by atoms with E-state index in [-0.39, 0.29) is 29.6 Å². The van der Waals surface area contributed by atoms with E-state index in [9.17, 15) is 14.4 Å². The minimum atomic E-state index is -0.517. The number of hydrogen-bond donors (Lipinski definition) is 0. The van der Waals surface area contributed by atoms with Crippen molar-refractivity contribution < 1.29 is 19.1 Å². The molecule has 0 aromatic heterocycles. The number of aryl methyl sites for hydroxylation is 2. The molecular formula is C23H30N2O4. The van der Waals surface area contributed by atoms with Crippen LogP contribution in [0.2, 0.25) is 0 Å². The molecule has 1 aromatic carbocycles. The Morgan fingerprint density at radius 2 is 1.86 bits per heavy atom. The maximum Gasteiger partial charge on any atom is 0.227 e. The molecule has 156 valence electrons. The summed E-state index contributed by atoms with van der Waals surface area (Å²) >= 11 is 0. The second-order valence-electron chi connectivity index (χ2n) is 9.21. The van der Waals surface area contributed by atoms with E-state index in [2.05, 4.69) is 0 Å². The van der Waals surface area contributed by atoms with Crippen molar-refractivity contribution in [3.8, 4) is 5.75 Å². The van der Waals surface area contributed by atoms with Gasteiger partial charge in [-0.3, -0.25) is 14.4 Å². The van der Waals surface area contributed by atoms with E-state index in [1.54, 1.807) is 4.90 Å². The topological polar surface area (TPSA) is 66.9 Å². The lowest BCUT2D eigenvalue weighted by Gasteiger charge is -2.44. The number of ether oxygens (including phenoxy) is 1. The fraction of sp³-hybridized carbons (Fsp3) is 0.609. The van der Waals surface area contributed by atoms with Gasteiger partial charge in [0.05, 0.1) is 17.9 Å². The predicted octanol–water partition coefficient (Wildman–Crippen LogP) is 2.89. The third-order valence-corrected chi connectivity index (χ3v) is 6.65. The molecule has 4 rings (SSSR count). The van der Waals surface area contributed by atoms with Crippen LogP contribution in [0.4, 0.5) is 0 Å². The molecule has 2 saturated heterocycles. The van der Waals surface area contributed by atoms with E-state index in [4.69, 9.17) is 4.74 Å². The number of ketones is 1. The van der Waals surface area contributed by atoms with Crippen LogP contribution in [0.5, 0.6) is 5.75 Å². The zero-order chi connectivity index (χ0) is 20.9. The zero-order valence-electron chi connectivity index (χ0n) is 17.8. The van der Waals surface area contributed by atoms with Gasteiger partial charge in [0.25, 0.3) is 0 Å². The van der Waals surface area contributed by atoms with Crippen molar-refractivity contribution in [2.45, 2.75) is 65.0 Å². The largest absolute Gasteiger partial charge is 0.486 e. The van der Waals surface area contributed by atoms with Gasteiger partial charge in [-0.05, 0) is 44.9 Å². The van der Waals surface area contributed by atoms with Crippen LogP contribution in [0.25, 0.3) is 0 Å². The van der Waals surface area contributed by atoms with Crippen molar-refractivity contribution in [3.63, 3.8) is 0 Å². The van der Waals surface area contributed by atoms with E-state index in [1.807, 2.05) is 44.7 Å². The molecule has 3 aliphatic heterocycles. The van der Waals surface area contributed by atoms with Gasteiger partial charge in [-0.2, -0.15) is 0 Å². The monoisotopic (exact) mass is 398 g/mol. The van der Waals surface area contributed by atoms with Crippen molar-refractivity contribution in [1.29, 1.82) is 0 Å². The summed E-state index contributed by atoms with van der Waals surface area (Å²) < 4.78 is 6.39. The molecule has 1 atom stereocenters. The summed E-state index contributed by atoms with van der Waals surface area (Å²) in [6.07, 6.45) is 1.96. The van der Waals surface area contributed by atoms with Gasteiger partial charge in [0.1, 0.15) is 11.4 Å². The summed E-state index contributed by atoms with van der Waals surface area (Å²) in [6.45, 7) is 9.57. The Kier molecular flexibility index (Phi) is 4.91. The number of hydrogen-bond acceptors (Lipinski definition) is 4. The smallest absolute Gasteiger partial charge is 0.227 e. The first-order valence-corrected chi connectivity index (χ1v) is 10.6. The molecule has 0 N–H and O–H groups in total. The van der Waals surface area contributed by atoms with E-state index in [0.29, 0.717) is 56.6 Å². The zero-order valence-corrected chi connectivity index (χ0v) is 17.8. The number of rotatable bonds is 2. The lowest BCUT2D eigenvalue weighted by atomic mass is 9.81. The van der Waals surface area contributed by atoms with Gasteiger partial charge in [-0.1, -0.05) is 6.07 Å². The van der Waals surface area contributed by atoms with Gasteiger partial charge in [-0.15, -0.1) is 0 Å². The van der Waals surface area contributed by atoms with E-state index >= 15 is 0 Å². The summed E-state index contributed by atoms with van der Waals surface area (Å²) in [6, 6.07) is 4.09. The van der Waals surface area contributed by atoms with Crippen LogP contribution >= 0.6 is 0 Å². The second-order valence-corrected chi connectivity index (χ2v) is 9.21. The number of amides is 2. The lowest BCUT2D eigenvalue weighted by molar-refractivity contribution is -0.139. The molecule has 0 aliphatic carbocycles. The van der Waals surface area contributed by atoms with Gasteiger partial charge >= 0.3 is 0 Å². The highest BCUT2D eigenvalue weighted by Gasteiger charge is 2.45. The second kappa shape index (κ2) is 7.15. The Bertz CT molecular complexity index is 868. The summed E-state index contributed by atoms with van der Waals surface area (Å²) in [5, 5.41) is 0. The van der Waals surface area contributed by atoms with Crippen molar-refractivity contribution in [3.05, 3.63) is 28.8 Å². The van der Waals surface area contributed by atoms with Crippen LogP contribution in [-0.2, 0) is 9.59 Å². The first kappa shape index (κ1) is 19.9. The molecule has 2 fully saturated rings. The lowest BCUT2D eigenvalue weighted by Crippen LogP contribution is -2.53. The van der Waals surface area contributed by atoms with Crippen molar-refractivity contribution in [2.75, 3.05) is 19.6 Å². The molecule has 3 aliphatic rings. The number of fused-ring (bicyclic) bond motifs is 1. The first-order chi connectivity index (χ1) is 13.7. The number of likely N-dealkylation sites (tertiary alicyclic amines) is 2. The normalized spacial score (nSPS) is 23.6. The third kappa shape index (κ3) is 3.53. The number of nitrogens with zero attached hydrogens (tertiary/aromatic N) is 2. The molecule has 0 radical (unpaired) electrons. The van der Waals surface area contributed by atoms with Crippen molar-refractivity contribution >= 4 is 17.6 Å². The van der Waals surface area contributed by atoms with Gasteiger partial charge < -0.3 is 14.5 Å². The van der Waals surface area contributed by atoms with Gasteiger partial charge in [0, 0.05) is 44.9 Å². The number of carbonyl (C=O) groups is 3. The summed E-state index contributed by atoms with van der Waals surface area (Å²) in [5.41, 5.74) is 2.24. The molecular weight excluding hydrogens is 368 g/mol. The molecule has 3 heterocycles. The minimum Gasteiger partial charge on any atom is -0.486 e. The highest BCUT2D eigenvalue weighted by atomic mass is 16.5. The standard InChI is InChI=1S/C23H30N2O4/c1-14(2)25-13-17(11-20(25)27)22(28)24-7-5-23(6-8-24)12-18(26)21-16(4)9-15(3)10-19(21)29-23/h9-10,14,17H,5-8,11-13H2,1-4H3. The van der Waals surface area contributed by atoms with Gasteiger partial charge in [0.15, 0.2) is 5.78 Å². The Morgan fingerprint density at radius 1 is 1.17 bits per heavy atom. The van der Waals surface area contributed by atoms with Crippen LogP contribution in [0, 0.1) is 19.8 Å². The highest BCUT2D eigenvalue weighted by molar-refractivity contribution is 6.01. The van der Waals surface area contributed by atoms with Crippen LogP contribution < -0.4 is 4.74 Å². The van der Waals surface area contributed by atoms with E-state index in [0.717, 1.165) is 11.1 Å². The maximum atomic E-state index is 13.0. The molecule has 1 spiro atoms. The molecule has 1 aromatic rings. The molecule has 6 nitrogen and oxygen atoms in total. The first-order valence-electron chi connectivity index (χ1n) is 10.6. The fourth-order valence-corrected chi connectivity index (χ4v) is 5.08. The molecule has 6 heteroatoms. The Morgan fingerprint density at radius 3 is 2.48 bits per heavy atom. The highest BCUT2D eigenvalue weighted by Crippen LogP contribution is 2.41. The number of benzene rings is 1. The summed E-state index contributed by atoms with van der Waals surface area (Å²) in [7, 11) is 0. The quantitative estimate of drug-likeness (QED) is 0.768. The Balaban J connectivity index is 1.44. The Hall–Kier alpha value is -2.37. The van der Waals surface area contributed by atoms with Gasteiger partial charge in [-0.25, -0.2) is 0 Å². The molecule has 1 unspecified atom stereocenters. The molecule has 29 heavy (non-hydrogen) atoms. The predicted molar refractivity (Wildman–Crippen MR) is 109 cm³/mol. The van der Waals surface area contributed by atoms with E-state index < -0.39 is 5.60 Å². The third-order valence-electron chi connectivity index (χ3n) is 6.65. The van der Waals surface area contributed by atoms with Crippen LogP contribution in [0.15, 0.2) is 12.1 Å². The molecule has 2 amide bonds.